The third kappa shape index (κ3) is 2.76. The minimum atomic E-state index is 0.263. The van der Waals surface area contributed by atoms with Crippen molar-refractivity contribution in [3.05, 3.63) is 16.1 Å². The third-order valence-electron chi connectivity index (χ3n) is 4.13. The SMILES string of the molecule is CCOC1CC(NCCc2scnc2C)C1(C)C. The maximum Gasteiger partial charge on any atom is 0.0797 e. The lowest BCUT2D eigenvalue weighted by Crippen LogP contribution is -2.61. The van der Waals surface area contributed by atoms with Crippen LogP contribution in [-0.2, 0) is 11.2 Å². The highest BCUT2D eigenvalue weighted by Crippen LogP contribution is 2.42. The van der Waals surface area contributed by atoms with Gasteiger partial charge in [0.25, 0.3) is 0 Å². The van der Waals surface area contributed by atoms with Gasteiger partial charge in [-0.1, -0.05) is 13.8 Å². The van der Waals surface area contributed by atoms with E-state index < -0.39 is 0 Å². The maximum atomic E-state index is 5.75. The van der Waals surface area contributed by atoms with E-state index in [1.807, 2.05) is 5.51 Å². The second kappa shape index (κ2) is 5.68. The van der Waals surface area contributed by atoms with Gasteiger partial charge in [-0.05, 0) is 26.7 Å². The largest absolute Gasteiger partial charge is 0.378 e. The van der Waals surface area contributed by atoms with Crippen LogP contribution in [0.3, 0.4) is 0 Å². The second-order valence-corrected chi connectivity index (χ2v) is 6.56. The van der Waals surface area contributed by atoms with E-state index in [2.05, 4.69) is 38.0 Å². The minimum absolute atomic E-state index is 0.263. The molecule has 1 N–H and O–H groups in total. The first-order valence-corrected chi connectivity index (χ1v) is 7.67. The van der Waals surface area contributed by atoms with Gasteiger partial charge in [-0.2, -0.15) is 0 Å². The van der Waals surface area contributed by atoms with Gasteiger partial charge in [-0.15, -0.1) is 11.3 Å². The van der Waals surface area contributed by atoms with Crippen molar-refractivity contribution in [1.29, 1.82) is 0 Å². The summed E-state index contributed by atoms with van der Waals surface area (Å²) in [5.41, 5.74) is 3.38. The van der Waals surface area contributed by atoms with Crippen molar-refractivity contribution in [3.8, 4) is 0 Å². The molecule has 0 radical (unpaired) electrons. The average molecular weight is 268 g/mol. The van der Waals surface area contributed by atoms with E-state index in [4.69, 9.17) is 4.74 Å². The summed E-state index contributed by atoms with van der Waals surface area (Å²) in [5.74, 6) is 0. The van der Waals surface area contributed by atoms with Gasteiger partial charge < -0.3 is 10.1 Å². The average Bonchev–Trinajstić information content (AvgIpc) is 2.73. The summed E-state index contributed by atoms with van der Waals surface area (Å²) in [6, 6.07) is 0.585. The van der Waals surface area contributed by atoms with E-state index in [0.717, 1.165) is 26.0 Å². The fourth-order valence-corrected chi connectivity index (χ4v) is 3.42. The number of ether oxygens (including phenoxy) is 1. The summed E-state index contributed by atoms with van der Waals surface area (Å²) in [6.45, 7) is 10.6. The van der Waals surface area contributed by atoms with Crippen LogP contribution in [0.4, 0.5) is 0 Å². The third-order valence-corrected chi connectivity index (χ3v) is 5.13. The lowest BCUT2D eigenvalue weighted by Gasteiger charge is -2.52. The first-order valence-electron chi connectivity index (χ1n) is 6.79. The zero-order valence-electron chi connectivity index (χ0n) is 11.8. The highest BCUT2D eigenvalue weighted by molar-refractivity contribution is 7.09. The number of aryl methyl sites for hydroxylation is 1. The van der Waals surface area contributed by atoms with Crippen LogP contribution in [0.5, 0.6) is 0 Å². The molecule has 2 rings (SSSR count). The highest BCUT2D eigenvalue weighted by atomic mass is 32.1. The van der Waals surface area contributed by atoms with Crippen LogP contribution in [0.15, 0.2) is 5.51 Å². The van der Waals surface area contributed by atoms with Crippen molar-refractivity contribution >= 4 is 11.3 Å². The van der Waals surface area contributed by atoms with Crippen molar-refractivity contribution in [3.63, 3.8) is 0 Å². The Hall–Kier alpha value is -0.450. The van der Waals surface area contributed by atoms with Crippen LogP contribution in [0.1, 0.15) is 37.8 Å². The molecule has 4 heteroatoms. The maximum absolute atomic E-state index is 5.75. The summed E-state index contributed by atoms with van der Waals surface area (Å²) in [6.07, 6.45) is 2.65. The molecule has 1 aromatic rings. The molecule has 1 aliphatic carbocycles. The Morgan fingerprint density at radius 1 is 1.56 bits per heavy atom. The molecule has 1 fully saturated rings. The molecule has 0 aliphatic heterocycles. The molecule has 102 valence electrons. The Bertz CT molecular complexity index is 389. The van der Waals surface area contributed by atoms with Crippen molar-refractivity contribution in [2.75, 3.05) is 13.2 Å². The molecule has 0 saturated heterocycles. The van der Waals surface area contributed by atoms with E-state index >= 15 is 0 Å². The summed E-state index contributed by atoms with van der Waals surface area (Å²) in [4.78, 5) is 5.69. The quantitative estimate of drug-likeness (QED) is 0.861. The van der Waals surface area contributed by atoms with Crippen molar-refractivity contribution in [1.82, 2.24) is 10.3 Å². The minimum Gasteiger partial charge on any atom is -0.378 e. The van der Waals surface area contributed by atoms with Gasteiger partial charge >= 0.3 is 0 Å². The van der Waals surface area contributed by atoms with Crippen LogP contribution in [0.25, 0.3) is 0 Å². The number of hydrogen-bond donors (Lipinski definition) is 1. The molecule has 2 atom stereocenters. The number of aromatic nitrogens is 1. The van der Waals surface area contributed by atoms with Crippen LogP contribution < -0.4 is 5.32 Å². The van der Waals surface area contributed by atoms with Crippen LogP contribution in [0, 0.1) is 12.3 Å². The highest BCUT2D eigenvalue weighted by Gasteiger charge is 2.48. The van der Waals surface area contributed by atoms with E-state index in [1.54, 1.807) is 11.3 Å². The first kappa shape index (κ1) is 14.0. The normalized spacial score (nSPS) is 26.0. The molecule has 0 amide bonds. The Labute approximate surface area is 114 Å². The van der Waals surface area contributed by atoms with Gasteiger partial charge in [0.1, 0.15) is 0 Å². The van der Waals surface area contributed by atoms with Crippen molar-refractivity contribution in [2.45, 2.75) is 52.7 Å². The summed E-state index contributed by atoms with van der Waals surface area (Å²) in [5, 5.41) is 3.66. The van der Waals surface area contributed by atoms with Gasteiger partial charge in [0.2, 0.25) is 0 Å². The molecule has 1 aromatic heterocycles. The Balaban J connectivity index is 1.74. The van der Waals surface area contributed by atoms with Crippen LogP contribution in [-0.4, -0.2) is 30.3 Å². The van der Waals surface area contributed by atoms with Gasteiger partial charge in [0, 0.05) is 29.5 Å². The monoisotopic (exact) mass is 268 g/mol. The molecule has 0 spiro atoms. The molecular formula is C14H24N2OS. The molecule has 3 nitrogen and oxygen atoms in total. The smallest absolute Gasteiger partial charge is 0.0797 e. The predicted molar refractivity (Wildman–Crippen MR) is 76.2 cm³/mol. The Morgan fingerprint density at radius 3 is 2.89 bits per heavy atom. The Kier molecular flexibility index (Phi) is 4.41. The fraction of sp³-hybridized carbons (Fsp3) is 0.786. The number of hydrogen-bond acceptors (Lipinski definition) is 4. The van der Waals surface area contributed by atoms with E-state index in [1.165, 1.54) is 10.6 Å². The second-order valence-electron chi connectivity index (χ2n) is 5.62. The molecule has 1 aliphatic rings. The fourth-order valence-electron chi connectivity index (χ4n) is 2.64. The lowest BCUT2D eigenvalue weighted by atomic mass is 9.64. The van der Waals surface area contributed by atoms with E-state index in [0.29, 0.717) is 12.1 Å². The van der Waals surface area contributed by atoms with E-state index in [9.17, 15) is 0 Å². The molecule has 18 heavy (non-hydrogen) atoms. The van der Waals surface area contributed by atoms with Crippen molar-refractivity contribution in [2.24, 2.45) is 5.41 Å². The molecule has 0 bridgehead atoms. The zero-order valence-corrected chi connectivity index (χ0v) is 12.6. The summed E-state index contributed by atoms with van der Waals surface area (Å²) >= 11 is 1.76. The summed E-state index contributed by atoms with van der Waals surface area (Å²) < 4.78 is 5.75. The topological polar surface area (TPSA) is 34.1 Å². The summed E-state index contributed by atoms with van der Waals surface area (Å²) in [7, 11) is 0. The Morgan fingerprint density at radius 2 is 2.33 bits per heavy atom. The lowest BCUT2D eigenvalue weighted by molar-refractivity contribution is -0.113. The standard InChI is InChI=1S/C14H24N2OS/c1-5-17-13-8-12(14(13,3)4)15-7-6-11-10(2)16-9-18-11/h9,12-13,15H,5-8H2,1-4H3. The molecule has 0 aromatic carbocycles. The van der Waals surface area contributed by atoms with Gasteiger partial charge in [0.05, 0.1) is 17.3 Å². The van der Waals surface area contributed by atoms with Gasteiger partial charge in [-0.3, -0.25) is 0 Å². The van der Waals surface area contributed by atoms with Gasteiger partial charge in [0.15, 0.2) is 0 Å². The number of nitrogens with zero attached hydrogens (tertiary/aromatic N) is 1. The number of rotatable bonds is 6. The van der Waals surface area contributed by atoms with Crippen molar-refractivity contribution < 1.29 is 4.74 Å². The van der Waals surface area contributed by atoms with Gasteiger partial charge in [-0.25, -0.2) is 4.98 Å². The van der Waals surface area contributed by atoms with Crippen LogP contribution in [0.2, 0.25) is 0 Å². The molecule has 1 saturated carbocycles. The van der Waals surface area contributed by atoms with E-state index in [-0.39, 0.29) is 5.41 Å². The first-order chi connectivity index (χ1) is 8.55. The zero-order chi connectivity index (χ0) is 13.2. The molecule has 2 unspecified atom stereocenters. The number of thiazole rings is 1. The van der Waals surface area contributed by atoms with Crippen LogP contribution >= 0.6 is 11.3 Å². The molecular weight excluding hydrogens is 244 g/mol. The predicted octanol–water partition coefficient (Wildman–Crippen LogP) is 2.79. The number of nitrogens with one attached hydrogen (secondary N) is 1. The molecule has 1 heterocycles.